The molecule has 0 atom stereocenters. The molecule has 1 aliphatic rings. The van der Waals surface area contributed by atoms with Gasteiger partial charge in [0, 0.05) is 0 Å². The molecule has 0 amide bonds. The van der Waals surface area contributed by atoms with Gasteiger partial charge in [0.15, 0.2) is 0 Å². The van der Waals surface area contributed by atoms with Crippen LogP contribution in [0.5, 0.6) is 0 Å². The molecular weight excluding hydrogens is 248 g/mol. The van der Waals surface area contributed by atoms with Crippen LogP contribution in [0.15, 0.2) is 10.5 Å². The highest BCUT2D eigenvalue weighted by molar-refractivity contribution is 5.20. The second kappa shape index (κ2) is 6.77. The number of rotatable bonds is 6. The lowest BCUT2D eigenvalue weighted by molar-refractivity contribution is 0.103. The first kappa shape index (κ1) is 15.6. The van der Waals surface area contributed by atoms with Gasteiger partial charge in [0.25, 0.3) is 0 Å². The predicted molar refractivity (Wildman–Crippen MR) is 83.7 cm³/mol. The van der Waals surface area contributed by atoms with Gasteiger partial charge in [-0.15, -0.1) is 0 Å². The van der Waals surface area contributed by atoms with Crippen molar-refractivity contribution < 1.29 is 4.42 Å². The first-order valence-electron chi connectivity index (χ1n) is 8.07. The second-order valence-electron chi connectivity index (χ2n) is 6.54. The molecule has 1 saturated heterocycles. The standard InChI is InChI=1S/C17H30N2O/c1-5-17(4)7-9-19(10-8-17)13-15-11-14(3)16(20-15)12-18-6-2/h11,18H,5-10,12-13H2,1-4H3. The molecule has 0 bridgehead atoms. The lowest BCUT2D eigenvalue weighted by atomic mass is 9.78. The van der Waals surface area contributed by atoms with E-state index in [1.54, 1.807) is 0 Å². The monoisotopic (exact) mass is 278 g/mol. The van der Waals surface area contributed by atoms with Crippen molar-refractivity contribution in [1.82, 2.24) is 10.2 Å². The fourth-order valence-corrected chi connectivity index (χ4v) is 2.91. The van der Waals surface area contributed by atoms with Gasteiger partial charge in [0.2, 0.25) is 0 Å². The van der Waals surface area contributed by atoms with Crippen molar-refractivity contribution >= 4 is 0 Å². The first-order valence-corrected chi connectivity index (χ1v) is 8.07. The van der Waals surface area contributed by atoms with Gasteiger partial charge < -0.3 is 9.73 Å². The van der Waals surface area contributed by atoms with Crippen LogP contribution < -0.4 is 5.32 Å². The zero-order chi connectivity index (χ0) is 14.6. The zero-order valence-electron chi connectivity index (χ0n) is 13.6. The van der Waals surface area contributed by atoms with E-state index in [0.717, 1.165) is 31.2 Å². The minimum absolute atomic E-state index is 0.561. The highest BCUT2D eigenvalue weighted by atomic mass is 16.3. The third-order valence-electron chi connectivity index (χ3n) is 4.90. The van der Waals surface area contributed by atoms with Crippen LogP contribution in [-0.2, 0) is 13.1 Å². The molecule has 2 heterocycles. The van der Waals surface area contributed by atoms with E-state index in [-0.39, 0.29) is 0 Å². The maximum absolute atomic E-state index is 5.99. The van der Waals surface area contributed by atoms with E-state index in [4.69, 9.17) is 4.42 Å². The van der Waals surface area contributed by atoms with Crippen molar-refractivity contribution in [3.05, 3.63) is 23.2 Å². The average molecular weight is 278 g/mol. The zero-order valence-corrected chi connectivity index (χ0v) is 13.6. The lowest BCUT2D eigenvalue weighted by Gasteiger charge is -2.38. The SMILES string of the molecule is CCNCc1oc(CN2CCC(C)(CC)CC2)cc1C. The summed E-state index contributed by atoms with van der Waals surface area (Å²) in [5.74, 6) is 2.22. The van der Waals surface area contributed by atoms with E-state index >= 15 is 0 Å². The van der Waals surface area contributed by atoms with Crippen molar-refractivity contribution in [2.75, 3.05) is 19.6 Å². The minimum atomic E-state index is 0.561. The van der Waals surface area contributed by atoms with Crippen molar-refractivity contribution in [3.63, 3.8) is 0 Å². The van der Waals surface area contributed by atoms with Gasteiger partial charge in [0.1, 0.15) is 11.5 Å². The Bertz CT molecular complexity index is 417. The Labute approximate surface area is 123 Å². The first-order chi connectivity index (χ1) is 9.56. The molecule has 0 radical (unpaired) electrons. The summed E-state index contributed by atoms with van der Waals surface area (Å²) in [7, 11) is 0. The molecule has 3 heteroatoms. The Kier molecular flexibility index (Phi) is 5.28. The Morgan fingerprint density at radius 3 is 2.60 bits per heavy atom. The van der Waals surface area contributed by atoms with E-state index in [0.29, 0.717) is 5.41 Å². The fourth-order valence-electron chi connectivity index (χ4n) is 2.91. The molecule has 0 saturated carbocycles. The fraction of sp³-hybridized carbons (Fsp3) is 0.765. The van der Waals surface area contributed by atoms with Crippen molar-refractivity contribution in [3.8, 4) is 0 Å². The average Bonchev–Trinajstić information content (AvgIpc) is 2.79. The third-order valence-corrected chi connectivity index (χ3v) is 4.90. The van der Waals surface area contributed by atoms with E-state index in [2.05, 4.69) is 44.0 Å². The molecule has 0 aliphatic carbocycles. The van der Waals surface area contributed by atoms with Crippen LogP contribution in [0.25, 0.3) is 0 Å². The van der Waals surface area contributed by atoms with E-state index < -0.39 is 0 Å². The molecule has 1 N–H and O–H groups in total. The number of nitrogens with zero attached hydrogens (tertiary/aromatic N) is 1. The number of hydrogen-bond acceptors (Lipinski definition) is 3. The smallest absolute Gasteiger partial charge is 0.120 e. The van der Waals surface area contributed by atoms with Crippen molar-refractivity contribution in [1.29, 1.82) is 0 Å². The van der Waals surface area contributed by atoms with Gasteiger partial charge in [-0.05, 0) is 56.4 Å². The van der Waals surface area contributed by atoms with Crippen molar-refractivity contribution in [2.45, 2.75) is 60.0 Å². The number of aryl methyl sites for hydroxylation is 1. The van der Waals surface area contributed by atoms with Crippen molar-refractivity contribution in [2.24, 2.45) is 5.41 Å². The van der Waals surface area contributed by atoms with E-state index in [1.165, 1.54) is 37.9 Å². The predicted octanol–water partition coefficient (Wildman–Crippen LogP) is 3.71. The summed E-state index contributed by atoms with van der Waals surface area (Å²) in [6.07, 6.45) is 3.93. The molecule has 3 nitrogen and oxygen atoms in total. The van der Waals surface area contributed by atoms with Gasteiger partial charge in [-0.25, -0.2) is 0 Å². The van der Waals surface area contributed by atoms with Gasteiger partial charge in [-0.1, -0.05) is 27.2 Å². The second-order valence-corrected chi connectivity index (χ2v) is 6.54. The van der Waals surface area contributed by atoms with Crippen LogP contribution in [0.1, 0.15) is 57.1 Å². The summed E-state index contributed by atoms with van der Waals surface area (Å²) in [4.78, 5) is 2.53. The molecule has 1 aromatic heterocycles. The largest absolute Gasteiger partial charge is 0.463 e. The third kappa shape index (κ3) is 3.86. The molecule has 2 rings (SSSR count). The van der Waals surface area contributed by atoms with Crippen LogP contribution >= 0.6 is 0 Å². The highest BCUT2D eigenvalue weighted by Gasteiger charge is 2.28. The summed E-state index contributed by atoms with van der Waals surface area (Å²) in [6, 6.07) is 2.21. The van der Waals surface area contributed by atoms with Gasteiger partial charge in [-0.3, -0.25) is 4.90 Å². The quantitative estimate of drug-likeness (QED) is 0.860. The molecule has 114 valence electrons. The van der Waals surface area contributed by atoms with Gasteiger partial charge in [-0.2, -0.15) is 0 Å². The summed E-state index contributed by atoms with van der Waals surface area (Å²) in [5.41, 5.74) is 1.84. The Morgan fingerprint density at radius 2 is 2.00 bits per heavy atom. The van der Waals surface area contributed by atoms with Crippen LogP contribution in [0.4, 0.5) is 0 Å². The summed E-state index contributed by atoms with van der Waals surface area (Å²) in [6.45, 7) is 14.2. The topological polar surface area (TPSA) is 28.4 Å². The molecule has 1 fully saturated rings. The van der Waals surface area contributed by atoms with E-state index in [1.807, 2.05) is 0 Å². The molecule has 1 aromatic rings. The molecule has 20 heavy (non-hydrogen) atoms. The normalized spacial score (nSPS) is 19.4. The van der Waals surface area contributed by atoms with Crippen LogP contribution in [0.2, 0.25) is 0 Å². The number of piperidine rings is 1. The Hall–Kier alpha value is -0.800. The van der Waals surface area contributed by atoms with Gasteiger partial charge >= 0.3 is 0 Å². The van der Waals surface area contributed by atoms with E-state index in [9.17, 15) is 0 Å². The molecule has 1 aliphatic heterocycles. The number of nitrogens with one attached hydrogen (secondary N) is 1. The molecule has 0 unspecified atom stereocenters. The summed E-state index contributed by atoms with van der Waals surface area (Å²) < 4.78 is 5.99. The van der Waals surface area contributed by atoms with Crippen LogP contribution in [-0.4, -0.2) is 24.5 Å². The highest BCUT2D eigenvalue weighted by Crippen LogP contribution is 2.34. The minimum Gasteiger partial charge on any atom is -0.463 e. The Morgan fingerprint density at radius 1 is 1.30 bits per heavy atom. The number of likely N-dealkylation sites (tertiary alicyclic amines) is 1. The number of hydrogen-bond donors (Lipinski definition) is 1. The lowest BCUT2D eigenvalue weighted by Crippen LogP contribution is -2.37. The maximum atomic E-state index is 5.99. The summed E-state index contributed by atoms with van der Waals surface area (Å²) >= 11 is 0. The Balaban J connectivity index is 1.88. The molecular formula is C17H30N2O. The number of furan rings is 1. The molecule has 0 spiro atoms. The van der Waals surface area contributed by atoms with Gasteiger partial charge in [0.05, 0.1) is 13.1 Å². The molecule has 0 aromatic carbocycles. The van der Waals surface area contributed by atoms with Crippen LogP contribution in [0, 0.1) is 12.3 Å². The maximum Gasteiger partial charge on any atom is 0.120 e. The summed E-state index contributed by atoms with van der Waals surface area (Å²) in [5, 5.41) is 3.33. The van der Waals surface area contributed by atoms with Crippen LogP contribution in [0.3, 0.4) is 0 Å².